The van der Waals surface area contributed by atoms with Crippen molar-refractivity contribution in [1.29, 1.82) is 0 Å². The summed E-state index contributed by atoms with van der Waals surface area (Å²) in [6.45, 7) is 3.38. The molecule has 0 radical (unpaired) electrons. The number of benzene rings is 2. The van der Waals surface area contributed by atoms with E-state index in [0.717, 1.165) is 18.4 Å². The Bertz CT molecular complexity index is 693. The van der Waals surface area contributed by atoms with Crippen LogP contribution >= 0.6 is 0 Å². The summed E-state index contributed by atoms with van der Waals surface area (Å²) in [5.41, 5.74) is 2.26. The molecule has 0 heterocycles. The molecule has 24 heavy (non-hydrogen) atoms. The number of hydrogen-bond acceptors (Lipinski definition) is 3. The van der Waals surface area contributed by atoms with Crippen molar-refractivity contribution in [2.75, 3.05) is 6.61 Å². The molecule has 2 aromatic rings. The monoisotopic (exact) mass is 330 g/mol. The van der Waals surface area contributed by atoms with Crippen molar-refractivity contribution < 1.29 is 19.0 Å². The summed E-state index contributed by atoms with van der Waals surface area (Å²) in [7, 11) is 0. The van der Waals surface area contributed by atoms with E-state index in [1.807, 2.05) is 24.3 Å². The smallest absolute Gasteiger partial charge is 0.170 e. The van der Waals surface area contributed by atoms with Gasteiger partial charge in [-0.1, -0.05) is 37.6 Å². The SMILES string of the molecule is CCCc1ccc(CC(=O)c2ccc(OCC)c(CF)c2O)cc1. The summed E-state index contributed by atoms with van der Waals surface area (Å²) >= 11 is 0. The fourth-order valence-corrected chi connectivity index (χ4v) is 2.66. The van der Waals surface area contributed by atoms with Crippen molar-refractivity contribution >= 4 is 5.78 Å². The largest absolute Gasteiger partial charge is 0.507 e. The van der Waals surface area contributed by atoms with Crippen LogP contribution < -0.4 is 4.74 Å². The number of ether oxygens (including phenoxy) is 1. The molecule has 2 aromatic carbocycles. The standard InChI is InChI=1S/C20H23FO3/c1-3-5-14-6-8-15(9-7-14)12-18(22)16-10-11-19(24-4-2)17(13-21)20(16)23/h6-11,23H,3-5,12-13H2,1-2H3. The first-order valence-electron chi connectivity index (χ1n) is 8.25. The highest BCUT2D eigenvalue weighted by Crippen LogP contribution is 2.33. The zero-order valence-electron chi connectivity index (χ0n) is 14.1. The third-order valence-corrected chi connectivity index (χ3v) is 3.90. The zero-order valence-corrected chi connectivity index (χ0v) is 14.1. The van der Waals surface area contributed by atoms with Crippen molar-refractivity contribution in [2.24, 2.45) is 0 Å². The summed E-state index contributed by atoms with van der Waals surface area (Å²) in [4.78, 5) is 12.5. The quantitative estimate of drug-likeness (QED) is 0.717. The molecule has 128 valence electrons. The Kier molecular flexibility index (Phi) is 6.36. The molecule has 0 amide bonds. The van der Waals surface area contributed by atoms with Crippen molar-refractivity contribution in [2.45, 2.75) is 39.8 Å². The highest BCUT2D eigenvalue weighted by Gasteiger charge is 2.18. The third kappa shape index (κ3) is 4.13. The molecule has 0 aromatic heterocycles. The number of phenolic OH excluding ortho intramolecular Hbond substituents is 1. The van der Waals surface area contributed by atoms with Gasteiger partial charge in [-0.25, -0.2) is 4.39 Å². The summed E-state index contributed by atoms with van der Waals surface area (Å²) in [5.74, 6) is -0.289. The fraction of sp³-hybridized carbons (Fsp3) is 0.350. The molecule has 4 heteroatoms. The molecule has 0 saturated heterocycles. The third-order valence-electron chi connectivity index (χ3n) is 3.90. The van der Waals surface area contributed by atoms with Gasteiger partial charge in [-0.3, -0.25) is 4.79 Å². The number of carbonyl (C=O) groups excluding carboxylic acids is 1. The molecule has 2 rings (SSSR count). The first-order valence-corrected chi connectivity index (χ1v) is 8.25. The van der Waals surface area contributed by atoms with E-state index in [1.54, 1.807) is 6.92 Å². The number of carbonyl (C=O) groups is 1. The van der Waals surface area contributed by atoms with Crippen LogP contribution in [0.4, 0.5) is 4.39 Å². The van der Waals surface area contributed by atoms with Crippen LogP contribution in [0.2, 0.25) is 0 Å². The topological polar surface area (TPSA) is 46.5 Å². The zero-order chi connectivity index (χ0) is 17.5. The molecule has 3 nitrogen and oxygen atoms in total. The Morgan fingerprint density at radius 3 is 2.33 bits per heavy atom. The van der Waals surface area contributed by atoms with E-state index in [0.29, 0.717) is 6.61 Å². The molecule has 1 N–H and O–H groups in total. The van der Waals surface area contributed by atoms with Crippen LogP contribution in [-0.2, 0) is 19.5 Å². The lowest BCUT2D eigenvalue weighted by atomic mass is 9.98. The van der Waals surface area contributed by atoms with E-state index >= 15 is 0 Å². The second kappa shape index (κ2) is 8.48. The van der Waals surface area contributed by atoms with Gasteiger partial charge in [0.15, 0.2) is 5.78 Å². The van der Waals surface area contributed by atoms with Crippen molar-refractivity contribution in [3.63, 3.8) is 0 Å². The second-order valence-corrected chi connectivity index (χ2v) is 5.67. The maximum atomic E-state index is 13.2. The molecule has 0 aliphatic rings. The molecule has 0 saturated carbocycles. The van der Waals surface area contributed by atoms with Crippen LogP contribution in [-0.4, -0.2) is 17.5 Å². The first-order chi connectivity index (χ1) is 11.6. The predicted octanol–water partition coefficient (Wildman–Crippen LogP) is 4.64. The fourth-order valence-electron chi connectivity index (χ4n) is 2.66. The number of aryl methyl sites for hydroxylation is 1. The molecule has 0 aliphatic carbocycles. The second-order valence-electron chi connectivity index (χ2n) is 5.67. The van der Waals surface area contributed by atoms with E-state index < -0.39 is 6.67 Å². The minimum atomic E-state index is -0.881. The summed E-state index contributed by atoms with van der Waals surface area (Å²) in [5, 5.41) is 10.2. The molecule has 0 fully saturated rings. The Morgan fingerprint density at radius 1 is 1.08 bits per heavy atom. The molecular formula is C20H23FO3. The lowest BCUT2D eigenvalue weighted by molar-refractivity contribution is 0.0990. The molecule has 0 unspecified atom stereocenters. The van der Waals surface area contributed by atoms with Crippen LogP contribution in [0.1, 0.15) is 47.3 Å². The predicted molar refractivity (Wildman–Crippen MR) is 92.6 cm³/mol. The summed E-state index contributed by atoms with van der Waals surface area (Å²) in [6, 6.07) is 10.9. The lowest BCUT2D eigenvalue weighted by Crippen LogP contribution is -2.06. The number of rotatable bonds is 8. The maximum absolute atomic E-state index is 13.2. The molecular weight excluding hydrogens is 307 g/mol. The van der Waals surface area contributed by atoms with Crippen molar-refractivity contribution in [3.05, 3.63) is 58.7 Å². The minimum Gasteiger partial charge on any atom is -0.507 e. The van der Waals surface area contributed by atoms with Crippen molar-refractivity contribution in [3.8, 4) is 11.5 Å². The minimum absolute atomic E-state index is 0.0287. The number of Topliss-reactive ketones (excluding diaryl/α,β-unsaturated/α-hetero) is 1. The lowest BCUT2D eigenvalue weighted by Gasteiger charge is -2.12. The van der Waals surface area contributed by atoms with E-state index in [1.165, 1.54) is 17.7 Å². The summed E-state index contributed by atoms with van der Waals surface area (Å²) in [6.07, 6.45) is 2.25. The first kappa shape index (κ1) is 18.0. The number of alkyl halides is 1. The molecule has 0 spiro atoms. The maximum Gasteiger partial charge on any atom is 0.170 e. The van der Waals surface area contributed by atoms with Crippen LogP contribution in [0, 0.1) is 0 Å². The van der Waals surface area contributed by atoms with Gasteiger partial charge in [0.05, 0.1) is 17.7 Å². The van der Waals surface area contributed by atoms with Gasteiger partial charge in [0.1, 0.15) is 18.2 Å². The number of halogens is 1. The number of aromatic hydroxyl groups is 1. The van der Waals surface area contributed by atoms with Gasteiger partial charge in [-0.2, -0.15) is 0 Å². The number of hydrogen-bond donors (Lipinski definition) is 1. The molecule has 0 aliphatic heterocycles. The number of phenols is 1. The highest BCUT2D eigenvalue weighted by molar-refractivity contribution is 6.00. The Balaban J connectivity index is 2.20. The van der Waals surface area contributed by atoms with E-state index in [-0.39, 0.29) is 34.8 Å². The van der Waals surface area contributed by atoms with Crippen LogP contribution in [0.5, 0.6) is 11.5 Å². The van der Waals surface area contributed by atoms with Gasteiger partial charge in [-0.15, -0.1) is 0 Å². The van der Waals surface area contributed by atoms with Gasteiger partial charge in [0, 0.05) is 6.42 Å². The van der Waals surface area contributed by atoms with Gasteiger partial charge in [0.2, 0.25) is 0 Å². The van der Waals surface area contributed by atoms with Crippen LogP contribution in [0.15, 0.2) is 36.4 Å². The molecule has 0 atom stereocenters. The Morgan fingerprint density at radius 2 is 1.75 bits per heavy atom. The number of ketones is 1. The average Bonchev–Trinajstić information content (AvgIpc) is 2.57. The van der Waals surface area contributed by atoms with Crippen LogP contribution in [0.3, 0.4) is 0 Å². The van der Waals surface area contributed by atoms with E-state index in [4.69, 9.17) is 4.74 Å². The van der Waals surface area contributed by atoms with E-state index in [9.17, 15) is 14.3 Å². The van der Waals surface area contributed by atoms with Crippen LogP contribution in [0.25, 0.3) is 0 Å². The highest BCUT2D eigenvalue weighted by atomic mass is 19.1. The van der Waals surface area contributed by atoms with Gasteiger partial charge in [0.25, 0.3) is 0 Å². The Labute approximate surface area is 142 Å². The van der Waals surface area contributed by atoms with Gasteiger partial charge < -0.3 is 9.84 Å². The summed E-state index contributed by atoms with van der Waals surface area (Å²) < 4.78 is 18.5. The van der Waals surface area contributed by atoms with Gasteiger partial charge >= 0.3 is 0 Å². The van der Waals surface area contributed by atoms with E-state index in [2.05, 4.69) is 6.92 Å². The average molecular weight is 330 g/mol. The van der Waals surface area contributed by atoms with Crippen molar-refractivity contribution in [1.82, 2.24) is 0 Å². The normalized spacial score (nSPS) is 10.6. The van der Waals surface area contributed by atoms with Gasteiger partial charge in [-0.05, 0) is 36.6 Å². The Hall–Kier alpha value is -2.36. The molecule has 0 bridgehead atoms.